The lowest BCUT2D eigenvalue weighted by Gasteiger charge is -2.28. The van der Waals surface area contributed by atoms with Crippen LogP contribution in [0.4, 0.5) is 0 Å². The summed E-state index contributed by atoms with van der Waals surface area (Å²) in [7, 11) is 0. The van der Waals surface area contributed by atoms with Gasteiger partial charge in [0.25, 0.3) is 0 Å². The number of pyridine rings is 1. The van der Waals surface area contributed by atoms with Crippen molar-refractivity contribution < 1.29 is 9.59 Å². The van der Waals surface area contributed by atoms with Gasteiger partial charge < -0.3 is 15.2 Å². The van der Waals surface area contributed by atoms with Crippen LogP contribution in [0.3, 0.4) is 0 Å². The highest BCUT2D eigenvalue weighted by Gasteiger charge is 2.23. The highest BCUT2D eigenvalue weighted by Crippen LogP contribution is 2.29. The van der Waals surface area contributed by atoms with Crippen LogP contribution in [0.15, 0.2) is 60.9 Å². The van der Waals surface area contributed by atoms with Gasteiger partial charge in [0.05, 0.1) is 12.5 Å². The van der Waals surface area contributed by atoms with Crippen LogP contribution in [0.1, 0.15) is 36.9 Å². The minimum Gasteiger partial charge on any atom is -0.349 e. The third-order valence-corrected chi connectivity index (χ3v) is 5.32. The fourth-order valence-corrected chi connectivity index (χ4v) is 3.85. The van der Waals surface area contributed by atoms with Crippen LogP contribution in [0.5, 0.6) is 0 Å². The molecule has 0 aliphatic carbocycles. The van der Waals surface area contributed by atoms with Crippen LogP contribution in [-0.4, -0.2) is 39.8 Å². The predicted molar refractivity (Wildman–Crippen MR) is 113 cm³/mol. The van der Waals surface area contributed by atoms with Gasteiger partial charge in [0.15, 0.2) is 0 Å². The molecule has 2 amide bonds. The van der Waals surface area contributed by atoms with E-state index in [0.717, 1.165) is 28.6 Å². The largest absolute Gasteiger partial charge is 0.349 e. The molecule has 1 unspecified atom stereocenters. The van der Waals surface area contributed by atoms with E-state index in [0.29, 0.717) is 13.1 Å². The number of hydrogen-bond acceptors (Lipinski definition) is 3. The summed E-state index contributed by atoms with van der Waals surface area (Å²) in [6.45, 7) is 2.72. The Morgan fingerprint density at radius 2 is 2.03 bits per heavy atom. The van der Waals surface area contributed by atoms with Crippen LogP contribution in [0.25, 0.3) is 16.6 Å². The van der Waals surface area contributed by atoms with Crippen LogP contribution >= 0.6 is 0 Å². The van der Waals surface area contributed by atoms with Crippen molar-refractivity contribution in [3.05, 3.63) is 72.1 Å². The highest BCUT2D eigenvalue weighted by atomic mass is 16.2. The lowest BCUT2D eigenvalue weighted by atomic mass is 9.98. The average molecular weight is 388 g/mol. The lowest BCUT2D eigenvalue weighted by Crippen LogP contribution is -2.38. The fraction of sp³-hybridized carbons (Fsp3) is 0.261. The number of carbonyl (C=O) groups excluding carboxylic acids is 2. The van der Waals surface area contributed by atoms with E-state index < -0.39 is 0 Å². The zero-order valence-corrected chi connectivity index (χ0v) is 16.4. The van der Waals surface area contributed by atoms with E-state index in [-0.39, 0.29) is 24.3 Å². The first-order chi connectivity index (χ1) is 14.1. The molecule has 0 spiro atoms. The topological polar surface area (TPSA) is 78.1 Å². The molecule has 1 aliphatic rings. The average Bonchev–Trinajstić information content (AvgIpc) is 3.18. The van der Waals surface area contributed by atoms with E-state index >= 15 is 0 Å². The quantitative estimate of drug-likeness (QED) is 0.703. The van der Waals surface area contributed by atoms with Crippen molar-refractivity contribution in [3.8, 4) is 0 Å². The number of H-pyrrole nitrogens is 1. The summed E-state index contributed by atoms with van der Waals surface area (Å²) in [5.41, 5.74) is 4.20. The number of fused-ring (bicyclic) bond motifs is 1. The number of nitrogens with zero attached hydrogens (tertiary/aromatic N) is 2. The molecule has 6 heteroatoms. The zero-order valence-electron chi connectivity index (χ0n) is 16.4. The van der Waals surface area contributed by atoms with Crippen molar-refractivity contribution in [2.75, 3.05) is 13.1 Å². The normalized spacial score (nSPS) is 15.1. The summed E-state index contributed by atoms with van der Waals surface area (Å²) < 4.78 is 0. The van der Waals surface area contributed by atoms with Crippen molar-refractivity contribution in [1.82, 2.24) is 20.2 Å². The molecule has 3 aromatic rings. The molecule has 0 saturated carbocycles. The van der Waals surface area contributed by atoms with Gasteiger partial charge in [-0.15, -0.1) is 0 Å². The van der Waals surface area contributed by atoms with Gasteiger partial charge in [0, 0.05) is 43.4 Å². The fourth-order valence-electron chi connectivity index (χ4n) is 3.85. The Balaban J connectivity index is 1.45. The lowest BCUT2D eigenvalue weighted by molar-refractivity contribution is -0.131. The molecule has 0 saturated heterocycles. The van der Waals surface area contributed by atoms with Crippen LogP contribution in [0, 0.1) is 0 Å². The molecular weight excluding hydrogens is 364 g/mol. The summed E-state index contributed by atoms with van der Waals surface area (Å²) >= 11 is 0. The molecule has 1 atom stereocenters. The van der Waals surface area contributed by atoms with Crippen molar-refractivity contribution in [1.29, 1.82) is 0 Å². The van der Waals surface area contributed by atoms with Gasteiger partial charge in [-0.05, 0) is 29.7 Å². The first-order valence-corrected chi connectivity index (χ1v) is 9.83. The maximum atomic E-state index is 12.9. The maximum Gasteiger partial charge on any atom is 0.225 e. The number of nitrogens with one attached hydrogen (secondary N) is 2. The van der Waals surface area contributed by atoms with E-state index in [1.165, 1.54) is 12.5 Å². The molecule has 1 aromatic carbocycles. The molecule has 4 rings (SSSR count). The Bertz CT molecular complexity index is 1050. The highest BCUT2D eigenvalue weighted by molar-refractivity contribution is 5.91. The van der Waals surface area contributed by atoms with E-state index in [1.54, 1.807) is 6.20 Å². The van der Waals surface area contributed by atoms with Gasteiger partial charge in [0.1, 0.15) is 5.65 Å². The minimum absolute atomic E-state index is 0.0449. The van der Waals surface area contributed by atoms with Gasteiger partial charge in [-0.3, -0.25) is 9.59 Å². The number of carbonyl (C=O) groups is 2. The molecule has 6 nitrogen and oxygen atoms in total. The van der Waals surface area contributed by atoms with Crippen molar-refractivity contribution >= 4 is 28.4 Å². The molecule has 2 aromatic heterocycles. The van der Waals surface area contributed by atoms with Gasteiger partial charge in [-0.1, -0.05) is 36.4 Å². The first kappa shape index (κ1) is 18.9. The third kappa shape index (κ3) is 4.21. The second kappa shape index (κ2) is 8.31. The molecule has 29 heavy (non-hydrogen) atoms. The number of aromatic nitrogens is 2. The number of aromatic amines is 1. The first-order valence-electron chi connectivity index (χ1n) is 9.83. The van der Waals surface area contributed by atoms with Gasteiger partial charge >= 0.3 is 0 Å². The van der Waals surface area contributed by atoms with Crippen molar-refractivity contribution in [2.24, 2.45) is 0 Å². The van der Waals surface area contributed by atoms with E-state index in [2.05, 4.69) is 27.4 Å². The summed E-state index contributed by atoms with van der Waals surface area (Å²) in [5.74, 6) is -0.0936. The molecule has 0 radical (unpaired) electrons. The number of benzene rings is 1. The maximum absolute atomic E-state index is 12.9. The van der Waals surface area contributed by atoms with Crippen molar-refractivity contribution in [2.45, 2.75) is 25.8 Å². The van der Waals surface area contributed by atoms with Crippen molar-refractivity contribution in [3.63, 3.8) is 0 Å². The monoisotopic (exact) mass is 388 g/mol. The second-order valence-electron chi connectivity index (χ2n) is 7.29. The summed E-state index contributed by atoms with van der Waals surface area (Å²) in [4.78, 5) is 33.9. The zero-order chi connectivity index (χ0) is 20.2. The summed E-state index contributed by atoms with van der Waals surface area (Å²) in [6.07, 6.45) is 6.93. The van der Waals surface area contributed by atoms with Crippen LogP contribution < -0.4 is 5.32 Å². The van der Waals surface area contributed by atoms with Gasteiger partial charge in [0.2, 0.25) is 11.8 Å². The summed E-state index contributed by atoms with van der Waals surface area (Å²) in [6, 6.07) is 13.3. The van der Waals surface area contributed by atoms with Crippen LogP contribution in [0.2, 0.25) is 0 Å². The molecule has 0 fully saturated rings. The molecular formula is C23H24N4O2. The Morgan fingerprint density at radius 1 is 1.21 bits per heavy atom. The summed E-state index contributed by atoms with van der Waals surface area (Å²) in [5, 5.41) is 4.01. The minimum atomic E-state index is -0.314. The SMILES string of the molecule is CC(=O)NC(CC(=O)N1CC=C(c2c[nH]c3ncccc23)CC1)c1ccccc1. The molecule has 3 heterocycles. The number of hydrogen-bond donors (Lipinski definition) is 2. The second-order valence-corrected chi connectivity index (χ2v) is 7.29. The molecule has 1 aliphatic heterocycles. The van der Waals surface area contributed by atoms with Gasteiger partial charge in [-0.25, -0.2) is 4.98 Å². The number of amides is 2. The van der Waals surface area contributed by atoms with E-state index in [1.807, 2.05) is 47.5 Å². The smallest absolute Gasteiger partial charge is 0.225 e. The van der Waals surface area contributed by atoms with Gasteiger partial charge in [-0.2, -0.15) is 0 Å². The molecule has 0 bridgehead atoms. The standard InChI is InChI=1S/C23H24N4O2/c1-16(28)26-21(18-6-3-2-4-7-18)14-22(29)27-12-9-17(10-13-27)20-15-25-23-19(20)8-5-11-24-23/h2-9,11,15,21H,10,12-14H2,1H3,(H,24,25)(H,26,28). The van der Waals surface area contributed by atoms with E-state index in [4.69, 9.17) is 0 Å². The Kier molecular flexibility index (Phi) is 5.42. The van der Waals surface area contributed by atoms with E-state index in [9.17, 15) is 9.59 Å². The predicted octanol–water partition coefficient (Wildman–Crippen LogP) is 3.45. The Morgan fingerprint density at radius 3 is 2.76 bits per heavy atom. The number of rotatable bonds is 5. The molecule has 148 valence electrons. The third-order valence-electron chi connectivity index (χ3n) is 5.32. The Hall–Kier alpha value is -3.41. The molecule has 2 N–H and O–H groups in total. The Labute approximate surface area is 169 Å². The van der Waals surface area contributed by atoms with Crippen LogP contribution in [-0.2, 0) is 9.59 Å².